The largest absolute Gasteiger partial charge is 0.294 e. The van der Waals surface area contributed by atoms with Crippen molar-refractivity contribution in [1.29, 1.82) is 0 Å². The van der Waals surface area contributed by atoms with Crippen molar-refractivity contribution in [2.24, 2.45) is 0 Å². The second-order valence-corrected chi connectivity index (χ2v) is 7.39. The van der Waals surface area contributed by atoms with Gasteiger partial charge in [0.15, 0.2) is 5.78 Å². The Kier molecular flexibility index (Phi) is 4.52. The zero-order valence-corrected chi connectivity index (χ0v) is 13.9. The van der Waals surface area contributed by atoms with Crippen molar-refractivity contribution in [1.82, 2.24) is 4.98 Å². The summed E-state index contributed by atoms with van der Waals surface area (Å²) in [7, 11) is 0. The predicted molar refractivity (Wildman–Crippen MR) is 85.3 cm³/mol. The minimum atomic E-state index is -0.0403. The van der Waals surface area contributed by atoms with Crippen LogP contribution in [0, 0.1) is 0 Å². The summed E-state index contributed by atoms with van der Waals surface area (Å²) < 4.78 is 0. The molecule has 0 aliphatic rings. The van der Waals surface area contributed by atoms with Gasteiger partial charge in [0.2, 0.25) is 0 Å². The van der Waals surface area contributed by atoms with Gasteiger partial charge in [-0.3, -0.25) is 4.79 Å². The number of ketones is 1. The Labute approximate surface area is 132 Å². The van der Waals surface area contributed by atoms with E-state index < -0.39 is 0 Å². The summed E-state index contributed by atoms with van der Waals surface area (Å²) in [6.07, 6.45) is 0.266. The van der Waals surface area contributed by atoms with Crippen LogP contribution < -0.4 is 0 Å². The van der Waals surface area contributed by atoms with Gasteiger partial charge in [0.25, 0.3) is 0 Å². The monoisotopic (exact) mass is 327 g/mol. The summed E-state index contributed by atoms with van der Waals surface area (Å²) in [5.74, 6) is -0.0403. The van der Waals surface area contributed by atoms with Crippen LogP contribution in [0.4, 0.5) is 0 Å². The van der Waals surface area contributed by atoms with E-state index in [-0.39, 0.29) is 17.6 Å². The van der Waals surface area contributed by atoms with Gasteiger partial charge in [-0.05, 0) is 18.2 Å². The topological polar surface area (TPSA) is 30.0 Å². The molecular formula is C15H15Cl2NOS. The maximum atomic E-state index is 12.2. The Morgan fingerprint density at radius 1 is 1.30 bits per heavy atom. The number of carbonyl (C=O) groups is 1. The third-order valence-corrected chi connectivity index (χ3v) is 4.26. The molecule has 1 aromatic carbocycles. The average Bonchev–Trinajstić information content (AvgIpc) is 2.76. The molecule has 0 atom stereocenters. The smallest absolute Gasteiger partial charge is 0.171 e. The lowest BCUT2D eigenvalue weighted by Gasteiger charge is -2.14. The van der Waals surface area contributed by atoms with Gasteiger partial charge in [-0.1, -0.05) is 44.0 Å². The van der Waals surface area contributed by atoms with E-state index in [9.17, 15) is 4.79 Å². The zero-order chi connectivity index (χ0) is 14.9. The second-order valence-electron chi connectivity index (χ2n) is 5.60. The number of aromatic nitrogens is 1. The molecule has 1 aromatic heterocycles. The summed E-state index contributed by atoms with van der Waals surface area (Å²) in [5, 5.41) is 3.73. The Bertz CT molecular complexity index is 644. The van der Waals surface area contributed by atoms with Gasteiger partial charge in [-0.15, -0.1) is 11.3 Å². The SMILES string of the molecule is CC(C)(C)c1csc(CC(=O)c2ccc(Cl)cc2Cl)n1. The van der Waals surface area contributed by atoms with Gasteiger partial charge in [-0.25, -0.2) is 4.98 Å². The van der Waals surface area contributed by atoms with Crippen LogP contribution in [0.15, 0.2) is 23.6 Å². The molecule has 5 heteroatoms. The van der Waals surface area contributed by atoms with Crippen LogP contribution in [0.5, 0.6) is 0 Å². The number of halogens is 2. The average molecular weight is 328 g/mol. The molecule has 0 saturated carbocycles. The maximum Gasteiger partial charge on any atom is 0.171 e. The third kappa shape index (κ3) is 3.60. The van der Waals surface area contributed by atoms with Crippen molar-refractivity contribution in [3.63, 3.8) is 0 Å². The highest BCUT2D eigenvalue weighted by atomic mass is 35.5. The number of hydrogen-bond acceptors (Lipinski definition) is 3. The fourth-order valence-corrected chi connectivity index (χ4v) is 3.22. The molecule has 2 nitrogen and oxygen atoms in total. The van der Waals surface area contributed by atoms with E-state index in [0.717, 1.165) is 10.7 Å². The summed E-state index contributed by atoms with van der Waals surface area (Å²) in [5.41, 5.74) is 1.49. The Hall–Kier alpha value is -0.900. The van der Waals surface area contributed by atoms with Crippen molar-refractivity contribution in [3.8, 4) is 0 Å². The van der Waals surface area contributed by atoms with Crippen LogP contribution in [0.1, 0.15) is 41.8 Å². The predicted octanol–water partition coefficient (Wildman–Crippen LogP) is 5.17. The molecule has 1 heterocycles. The van der Waals surface area contributed by atoms with Crippen molar-refractivity contribution >= 4 is 40.3 Å². The van der Waals surface area contributed by atoms with Gasteiger partial charge in [-0.2, -0.15) is 0 Å². The Balaban J connectivity index is 2.17. The van der Waals surface area contributed by atoms with Gasteiger partial charge in [0.05, 0.1) is 17.1 Å². The van der Waals surface area contributed by atoms with E-state index in [2.05, 4.69) is 25.8 Å². The minimum Gasteiger partial charge on any atom is -0.294 e. The zero-order valence-electron chi connectivity index (χ0n) is 11.5. The standard InChI is InChI=1S/C15H15Cl2NOS/c1-15(2,3)13-8-20-14(18-13)7-12(19)10-5-4-9(16)6-11(10)17/h4-6,8H,7H2,1-3H3. The van der Waals surface area contributed by atoms with Crippen molar-refractivity contribution in [2.45, 2.75) is 32.6 Å². The van der Waals surface area contributed by atoms with Crippen LogP contribution in [-0.2, 0) is 11.8 Å². The van der Waals surface area contributed by atoms with Gasteiger partial charge >= 0.3 is 0 Å². The van der Waals surface area contributed by atoms with Crippen molar-refractivity contribution in [3.05, 3.63) is 49.9 Å². The molecular weight excluding hydrogens is 313 g/mol. The molecule has 0 bridgehead atoms. The van der Waals surface area contributed by atoms with Crippen molar-refractivity contribution in [2.75, 3.05) is 0 Å². The number of hydrogen-bond donors (Lipinski definition) is 0. The Morgan fingerprint density at radius 2 is 2.00 bits per heavy atom. The number of Topliss-reactive ketones (excluding diaryl/α,β-unsaturated/α-hetero) is 1. The molecule has 106 valence electrons. The lowest BCUT2D eigenvalue weighted by Crippen LogP contribution is -2.12. The lowest BCUT2D eigenvalue weighted by atomic mass is 9.93. The molecule has 0 radical (unpaired) electrons. The number of benzene rings is 1. The minimum absolute atomic E-state index is 0.00425. The molecule has 2 rings (SSSR count). The second kappa shape index (κ2) is 5.84. The molecule has 2 aromatic rings. The number of rotatable bonds is 3. The first-order valence-electron chi connectivity index (χ1n) is 6.20. The van der Waals surface area contributed by atoms with Crippen LogP contribution in [-0.4, -0.2) is 10.8 Å². The fourth-order valence-electron chi connectivity index (χ4n) is 1.68. The molecule has 0 N–H and O–H groups in total. The fraction of sp³-hybridized carbons (Fsp3) is 0.333. The first kappa shape index (κ1) is 15.5. The number of carbonyl (C=O) groups excluding carboxylic acids is 1. The maximum absolute atomic E-state index is 12.2. The van der Waals surface area contributed by atoms with E-state index in [1.54, 1.807) is 18.2 Å². The van der Waals surface area contributed by atoms with Crippen LogP contribution in [0.3, 0.4) is 0 Å². The normalized spacial score (nSPS) is 11.7. The third-order valence-electron chi connectivity index (χ3n) is 2.86. The van der Waals surface area contributed by atoms with E-state index in [1.165, 1.54) is 11.3 Å². The van der Waals surface area contributed by atoms with Crippen LogP contribution >= 0.6 is 34.5 Å². The quantitative estimate of drug-likeness (QED) is 0.727. The van der Waals surface area contributed by atoms with E-state index >= 15 is 0 Å². The highest BCUT2D eigenvalue weighted by Gasteiger charge is 2.19. The first-order chi connectivity index (χ1) is 9.27. The molecule has 0 amide bonds. The van der Waals surface area contributed by atoms with Gasteiger partial charge < -0.3 is 0 Å². The highest BCUT2D eigenvalue weighted by Crippen LogP contribution is 2.26. The highest BCUT2D eigenvalue weighted by molar-refractivity contribution is 7.09. The summed E-state index contributed by atoms with van der Waals surface area (Å²) >= 11 is 13.4. The molecule has 0 spiro atoms. The number of thiazole rings is 1. The molecule has 0 saturated heterocycles. The molecule has 20 heavy (non-hydrogen) atoms. The first-order valence-corrected chi connectivity index (χ1v) is 7.84. The Morgan fingerprint density at radius 3 is 2.55 bits per heavy atom. The summed E-state index contributed by atoms with van der Waals surface area (Å²) in [6.45, 7) is 6.30. The van der Waals surface area contributed by atoms with E-state index in [4.69, 9.17) is 23.2 Å². The molecule has 0 unspecified atom stereocenters. The number of nitrogens with zero attached hydrogens (tertiary/aromatic N) is 1. The lowest BCUT2D eigenvalue weighted by molar-refractivity contribution is 0.0993. The van der Waals surface area contributed by atoms with Gasteiger partial charge in [0.1, 0.15) is 5.01 Å². The van der Waals surface area contributed by atoms with Crippen LogP contribution in [0.25, 0.3) is 0 Å². The van der Waals surface area contributed by atoms with Crippen LogP contribution in [0.2, 0.25) is 10.0 Å². The van der Waals surface area contributed by atoms with Gasteiger partial charge in [0, 0.05) is 21.4 Å². The van der Waals surface area contributed by atoms with Crippen molar-refractivity contribution < 1.29 is 4.79 Å². The molecule has 0 fully saturated rings. The molecule has 0 aliphatic carbocycles. The van der Waals surface area contributed by atoms with E-state index in [1.807, 2.05) is 5.38 Å². The summed E-state index contributed by atoms with van der Waals surface area (Å²) in [6, 6.07) is 4.91. The summed E-state index contributed by atoms with van der Waals surface area (Å²) in [4.78, 5) is 16.8. The van der Waals surface area contributed by atoms with E-state index in [0.29, 0.717) is 15.6 Å². The molecule has 0 aliphatic heterocycles.